The van der Waals surface area contributed by atoms with Gasteiger partial charge >= 0.3 is 27.7 Å². The van der Waals surface area contributed by atoms with Gasteiger partial charge < -0.3 is 19.8 Å². The minimum Gasteiger partial charge on any atom is -0.545 e. The van der Waals surface area contributed by atoms with Gasteiger partial charge in [-0.2, -0.15) is 0 Å². The van der Waals surface area contributed by atoms with Crippen molar-refractivity contribution in [2.75, 3.05) is 0 Å². The summed E-state index contributed by atoms with van der Waals surface area (Å²) >= 11 is 6.79. The van der Waals surface area contributed by atoms with E-state index in [4.69, 9.17) is 0 Å². The van der Waals surface area contributed by atoms with Crippen LogP contribution in [-0.4, -0.2) is 11.9 Å². The Kier molecular flexibility index (Phi) is 8.37. The van der Waals surface area contributed by atoms with Crippen molar-refractivity contribution in [3.63, 3.8) is 0 Å². The number of rotatable bonds is 2. The number of carboxylic acids is 2. The monoisotopic (exact) mass is 700 g/mol. The largest absolute Gasteiger partial charge is 2.00 e. The van der Waals surface area contributed by atoms with Crippen LogP contribution in [-0.2, 0) is 27.7 Å². The summed E-state index contributed by atoms with van der Waals surface area (Å²) in [5, 5.41) is 25.0. The molecule has 0 heterocycles. The summed E-state index contributed by atoms with van der Waals surface area (Å²) in [6, 6.07) is 21.1. The first kappa shape index (κ1) is 23.5. The molecule has 0 unspecified atom stereocenters. The molecule has 0 atom stereocenters. The van der Waals surface area contributed by atoms with Crippen LogP contribution in [0.4, 0.5) is 0 Å². The van der Waals surface area contributed by atoms with Gasteiger partial charge in [-0.3, -0.25) is 0 Å². The van der Waals surface area contributed by atoms with Gasteiger partial charge in [0.15, 0.2) is 0 Å². The van der Waals surface area contributed by atoms with Crippen LogP contribution in [0, 0.1) is 0 Å². The van der Waals surface area contributed by atoms with Crippen molar-refractivity contribution in [3.8, 4) is 0 Å². The molecule has 29 heavy (non-hydrogen) atoms. The van der Waals surface area contributed by atoms with Gasteiger partial charge in [0.1, 0.15) is 0 Å². The third-order valence-electron chi connectivity index (χ3n) is 4.13. The molecule has 0 aliphatic rings. The number of carbonyl (C=O) groups is 2. The minimum absolute atomic E-state index is 0. The molecule has 0 amide bonds. The van der Waals surface area contributed by atoms with Crippen molar-refractivity contribution in [2.24, 2.45) is 0 Å². The van der Waals surface area contributed by atoms with Crippen LogP contribution in [0.1, 0.15) is 20.7 Å². The van der Waals surface area contributed by atoms with Gasteiger partial charge in [-0.1, -0.05) is 80.4 Å². The second-order valence-corrected chi connectivity index (χ2v) is 7.64. The molecule has 0 aliphatic heterocycles. The molecule has 7 heteroatoms. The first-order valence-electron chi connectivity index (χ1n) is 8.16. The Bertz CT molecular complexity index is 1110. The van der Waals surface area contributed by atoms with E-state index in [0.29, 0.717) is 0 Å². The van der Waals surface area contributed by atoms with E-state index in [0.717, 1.165) is 30.5 Å². The van der Waals surface area contributed by atoms with E-state index in [9.17, 15) is 19.8 Å². The van der Waals surface area contributed by atoms with Crippen molar-refractivity contribution in [2.45, 2.75) is 0 Å². The number of carboxylic acid groups (broad SMARTS) is 2. The van der Waals surface area contributed by atoms with Crippen molar-refractivity contribution in [3.05, 3.63) is 92.9 Å². The average Bonchev–Trinajstić information content (AvgIpc) is 2.68. The van der Waals surface area contributed by atoms with E-state index < -0.39 is 11.9 Å². The molecule has 0 aliphatic carbocycles. The standard InChI is InChI=1S/2C11H7BrO2.Hg/c2*12-10-3-1-2-7-6-8(11(13)14)4-5-9(7)10;/h2*1-6H,(H,13,14);/q;;+2/p-2. The van der Waals surface area contributed by atoms with Gasteiger partial charge in [-0.25, -0.2) is 0 Å². The molecule has 0 fully saturated rings. The number of fused-ring (bicyclic) bond motifs is 2. The van der Waals surface area contributed by atoms with E-state index in [2.05, 4.69) is 31.9 Å². The maximum Gasteiger partial charge on any atom is 2.00 e. The van der Waals surface area contributed by atoms with E-state index in [1.54, 1.807) is 36.4 Å². The Labute approximate surface area is 204 Å². The molecular formula is C22H12Br2HgO4. The fourth-order valence-electron chi connectivity index (χ4n) is 2.74. The zero-order chi connectivity index (χ0) is 20.3. The van der Waals surface area contributed by atoms with Gasteiger partial charge in [0.05, 0.1) is 11.9 Å². The molecule has 4 nitrogen and oxygen atoms in total. The maximum absolute atomic E-state index is 10.6. The molecule has 140 valence electrons. The molecule has 0 radical (unpaired) electrons. The summed E-state index contributed by atoms with van der Waals surface area (Å²) in [6.45, 7) is 0. The van der Waals surface area contributed by atoms with Crippen LogP contribution >= 0.6 is 31.9 Å². The Morgan fingerprint density at radius 2 is 1.00 bits per heavy atom. The predicted octanol–water partition coefficient (Wildman–Crippen LogP) is 3.93. The first-order valence-corrected chi connectivity index (χ1v) is 9.74. The summed E-state index contributed by atoms with van der Waals surface area (Å²) in [5.74, 6) is -2.29. The number of benzene rings is 4. The van der Waals surface area contributed by atoms with Crippen molar-refractivity contribution < 1.29 is 47.5 Å². The summed E-state index contributed by atoms with van der Waals surface area (Å²) < 4.78 is 1.92. The normalized spacial score (nSPS) is 10.0. The van der Waals surface area contributed by atoms with Gasteiger partial charge in [0.25, 0.3) is 0 Å². The molecule has 4 rings (SSSR count). The molecule has 4 aromatic carbocycles. The van der Waals surface area contributed by atoms with Crippen LogP contribution in [0.15, 0.2) is 81.7 Å². The van der Waals surface area contributed by atoms with E-state index in [1.807, 2.05) is 36.4 Å². The second-order valence-electron chi connectivity index (χ2n) is 5.93. The van der Waals surface area contributed by atoms with E-state index in [-0.39, 0.29) is 38.8 Å². The Hall–Kier alpha value is -1.76. The SMILES string of the molecule is O=C([O-])c1ccc2c(Br)cccc2c1.O=C([O-])c1ccc2c(Br)cccc2c1.[Hg+2]. The fourth-order valence-corrected chi connectivity index (χ4v) is 3.77. The third kappa shape index (κ3) is 5.65. The molecule has 0 saturated carbocycles. The molecule has 4 aromatic rings. The molecule has 0 N–H and O–H groups in total. The quantitative estimate of drug-likeness (QED) is 0.297. The number of hydrogen-bond donors (Lipinski definition) is 0. The Morgan fingerprint density at radius 3 is 1.34 bits per heavy atom. The van der Waals surface area contributed by atoms with Crippen LogP contribution in [0.25, 0.3) is 21.5 Å². The zero-order valence-electron chi connectivity index (χ0n) is 15.0. The summed E-state index contributed by atoms with van der Waals surface area (Å²) in [4.78, 5) is 21.2. The Balaban J connectivity index is 0.000000200. The van der Waals surface area contributed by atoms with Crippen molar-refractivity contribution in [1.29, 1.82) is 0 Å². The maximum atomic E-state index is 10.6. The Morgan fingerprint density at radius 1 is 0.621 bits per heavy atom. The number of halogens is 2. The molecular weight excluding hydrogens is 689 g/mol. The summed E-state index contributed by atoms with van der Waals surface area (Å²) in [5.41, 5.74) is 0.409. The zero-order valence-corrected chi connectivity index (χ0v) is 23.7. The van der Waals surface area contributed by atoms with E-state index >= 15 is 0 Å². The third-order valence-corrected chi connectivity index (χ3v) is 5.51. The number of aromatic carboxylic acids is 2. The fraction of sp³-hybridized carbons (Fsp3) is 0. The van der Waals surface area contributed by atoms with Gasteiger partial charge in [-0.05, 0) is 56.9 Å². The van der Waals surface area contributed by atoms with E-state index in [1.165, 1.54) is 0 Å². The van der Waals surface area contributed by atoms with Crippen LogP contribution < -0.4 is 10.2 Å². The molecule has 0 aromatic heterocycles. The number of hydrogen-bond acceptors (Lipinski definition) is 4. The molecule has 0 bridgehead atoms. The second kappa shape index (κ2) is 10.3. The van der Waals surface area contributed by atoms with Gasteiger partial charge in [0.2, 0.25) is 0 Å². The predicted molar refractivity (Wildman–Crippen MR) is 112 cm³/mol. The smallest absolute Gasteiger partial charge is 0.545 e. The average molecular weight is 701 g/mol. The first-order chi connectivity index (χ1) is 13.4. The van der Waals surface area contributed by atoms with Crippen LogP contribution in [0.5, 0.6) is 0 Å². The number of carbonyl (C=O) groups excluding carboxylic acids is 2. The van der Waals surface area contributed by atoms with Crippen molar-refractivity contribution >= 4 is 65.3 Å². The van der Waals surface area contributed by atoms with Crippen LogP contribution in [0.2, 0.25) is 0 Å². The molecule has 0 spiro atoms. The van der Waals surface area contributed by atoms with Crippen molar-refractivity contribution in [1.82, 2.24) is 0 Å². The molecule has 0 saturated heterocycles. The summed E-state index contributed by atoms with van der Waals surface area (Å²) in [7, 11) is 0. The summed E-state index contributed by atoms with van der Waals surface area (Å²) in [6.07, 6.45) is 0. The minimum atomic E-state index is -1.15. The van der Waals surface area contributed by atoms with Crippen LogP contribution in [0.3, 0.4) is 0 Å². The topological polar surface area (TPSA) is 80.3 Å². The van der Waals surface area contributed by atoms with Gasteiger partial charge in [-0.15, -0.1) is 0 Å². The van der Waals surface area contributed by atoms with Gasteiger partial charge in [0, 0.05) is 8.95 Å².